The Morgan fingerprint density at radius 2 is 1.95 bits per heavy atom. The van der Waals surface area contributed by atoms with Gasteiger partial charge in [-0.3, -0.25) is 4.79 Å². The van der Waals surface area contributed by atoms with Crippen LogP contribution < -0.4 is 4.72 Å². The Morgan fingerprint density at radius 3 is 2.45 bits per heavy atom. The van der Waals surface area contributed by atoms with Gasteiger partial charge in [0.1, 0.15) is 6.04 Å². The van der Waals surface area contributed by atoms with Gasteiger partial charge in [-0.2, -0.15) is 4.72 Å². The predicted octanol–water partition coefficient (Wildman–Crippen LogP) is 1.25. The highest BCUT2D eigenvalue weighted by Crippen LogP contribution is 2.15. The van der Waals surface area contributed by atoms with Gasteiger partial charge in [-0.05, 0) is 30.5 Å². The van der Waals surface area contributed by atoms with E-state index < -0.39 is 28.0 Å². The summed E-state index contributed by atoms with van der Waals surface area (Å²) in [6.45, 7) is 3.59. The Bertz CT molecular complexity index is 653. The number of carbonyl (C=O) groups excluding carboxylic acids is 1. The third-order valence-corrected chi connectivity index (χ3v) is 4.34. The summed E-state index contributed by atoms with van der Waals surface area (Å²) in [6.07, 6.45) is 0.158. The van der Waals surface area contributed by atoms with E-state index in [4.69, 9.17) is 5.11 Å². The van der Waals surface area contributed by atoms with Gasteiger partial charge in [0.05, 0.1) is 17.6 Å². The van der Waals surface area contributed by atoms with E-state index in [0.29, 0.717) is 0 Å². The maximum Gasteiger partial charge on any atom is 0.337 e. The Labute approximate surface area is 129 Å². The van der Waals surface area contributed by atoms with Gasteiger partial charge >= 0.3 is 11.9 Å². The van der Waals surface area contributed by atoms with E-state index >= 15 is 0 Å². The summed E-state index contributed by atoms with van der Waals surface area (Å²) in [5, 5.41) is 9.11. The van der Waals surface area contributed by atoms with Crippen molar-refractivity contribution in [2.45, 2.75) is 31.2 Å². The normalized spacial score (nSPS) is 12.9. The first-order valence-electron chi connectivity index (χ1n) is 6.61. The van der Waals surface area contributed by atoms with Gasteiger partial charge in [0.15, 0.2) is 0 Å². The molecule has 0 radical (unpaired) electrons. The molecule has 22 heavy (non-hydrogen) atoms. The zero-order valence-electron chi connectivity index (χ0n) is 12.6. The molecule has 1 aromatic carbocycles. The molecule has 122 valence electrons. The van der Waals surface area contributed by atoms with E-state index in [1.165, 1.54) is 25.3 Å². The summed E-state index contributed by atoms with van der Waals surface area (Å²) in [6, 6.07) is 3.99. The molecule has 0 spiro atoms. The minimum Gasteiger partial charge on any atom is -0.480 e. The molecule has 0 unspecified atom stereocenters. The van der Waals surface area contributed by atoms with Crippen LogP contribution in [0.1, 0.15) is 30.6 Å². The molecular formula is C14H19NO6S. The van der Waals surface area contributed by atoms with Crippen LogP contribution >= 0.6 is 0 Å². The SMILES string of the molecule is COC(=O)c1cccc(S(=O)(=O)N[C@H](CC(C)C)C(=O)O)c1. The number of carboxylic acids is 1. The lowest BCUT2D eigenvalue weighted by atomic mass is 10.1. The van der Waals surface area contributed by atoms with Crippen LogP contribution in [0.5, 0.6) is 0 Å². The molecule has 0 amide bonds. The monoisotopic (exact) mass is 329 g/mol. The highest BCUT2D eigenvalue weighted by atomic mass is 32.2. The highest BCUT2D eigenvalue weighted by Gasteiger charge is 2.26. The number of ether oxygens (including phenoxy) is 1. The number of aliphatic carboxylic acids is 1. The molecule has 1 atom stereocenters. The van der Waals surface area contributed by atoms with Crippen molar-refractivity contribution in [3.8, 4) is 0 Å². The number of hydrogen-bond acceptors (Lipinski definition) is 5. The number of methoxy groups -OCH3 is 1. The number of benzene rings is 1. The Balaban J connectivity index is 3.08. The van der Waals surface area contributed by atoms with E-state index in [-0.39, 0.29) is 22.8 Å². The van der Waals surface area contributed by atoms with Crippen LogP contribution in [0.4, 0.5) is 0 Å². The van der Waals surface area contributed by atoms with Crippen molar-refractivity contribution in [3.05, 3.63) is 29.8 Å². The lowest BCUT2D eigenvalue weighted by Crippen LogP contribution is -2.41. The molecular weight excluding hydrogens is 310 g/mol. The van der Waals surface area contributed by atoms with Crippen molar-refractivity contribution in [1.29, 1.82) is 0 Å². The molecule has 0 saturated heterocycles. The number of sulfonamides is 1. The molecule has 0 aliphatic heterocycles. The van der Waals surface area contributed by atoms with Crippen LogP contribution in [-0.2, 0) is 19.6 Å². The highest BCUT2D eigenvalue weighted by molar-refractivity contribution is 7.89. The van der Waals surface area contributed by atoms with Gasteiger partial charge in [-0.25, -0.2) is 13.2 Å². The van der Waals surface area contributed by atoms with Crippen molar-refractivity contribution in [1.82, 2.24) is 4.72 Å². The maximum absolute atomic E-state index is 12.3. The van der Waals surface area contributed by atoms with Gasteiger partial charge in [0, 0.05) is 0 Å². The fourth-order valence-corrected chi connectivity index (χ4v) is 3.08. The molecule has 8 heteroatoms. The number of esters is 1. The predicted molar refractivity (Wildman–Crippen MR) is 79.0 cm³/mol. The maximum atomic E-state index is 12.3. The van der Waals surface area contributed by atoms with Crippen LogP contribution in [0.25, 0.3) is 0 Å². The topological polar surface area (TPSA) is 110 Å². The van der Waals surface area contributed by atoms with E-state index in [9.17, 15) is 18.0 Å². The molecule has 1 aromatic rings. The summed E-state index contributed by atoms with van der Waals surface area (Å²) in [7, 11) is -2.87. The number of carboxylic acid groups (broad SMARTS) is 1. The van der Waals surface area contributed by atoms with E-state index in [0.717, 1.165) is 6.07 Å². The minimum absolute atomic E-state index is 0.00482. The zero-order chi connectivity index (χ0) is 16.9. The first kappa shape index (κ1) is 18.1. The Morgan fingerprint density at radius 1 is 1.32 bits per heavy atom. The lowest BCUT2D eigenvalue weighted by Gasteiger charge is -2.16. The number of carbonyl (C=O) groups is 2. The molecule has 0 aliphatic carbocycles. The van der Waals surface area contributed by atoms with Gasteiger partial charge in [-0.1, -0.05) is 19.9 Å². The van der Waals surface area contributed by atoms with Gasteiger partial charge in [-0.15, -0.1) is 0 Å². The smallest absolute Gasteiger partial charge is 0.337 e. The van der Waals surface area contributed by atoms with Crippen LogP contribution in [-0.4, -0.2) is 38.6 Å². The third-order valence-electron chi connectivity index (χ3n) is 2.87. The summed E-state index contributed by atoms with van der Waals surface area (Å²) in [5.74, 6) is -1.92. The molecule has 0 aromatic heterocycles. The lowest BCUT2D eigenvalue weighted by molar-refractivity contribution is -0.139. The van der Waals surface area contributed by atoms with Crippen molar-refractivity contribution >= 4 is 22.0 Å². The van der Waals surface area contributed by atoms with Gasteiger partial charge in [0.25, 0.3) is 0 Å². The Kier molecular flexibility index (Phi) is 6.07. The fraction of sp³-hybridized carbons (Fsp3) is 0.429. The number of rotatable bonds is 7. The van der Waals surface area contributed by atoms with E-state index in [2.05, 4.69) is 9.46 Å². The van der Waals surface area contributed by atoms with Crippen LogP contribution in [0.15, 0.2) is 29.2 Å². The van der Waals surface area contributed by atoms with Crippen LogP contribution in [0, 0.1) is 5.92 Å². The molecule has 0 fully saturated rings. The minimum atomic E-state index is -4.05. The first-order chi connectivity index (χ1) is 10.2. The third kappa shape index (κ3) is 4.81. The molecule has 0 bridgehead atoms. The second-order valence-corrected chi connectivity index (χ2v) is 6.88. The molecule has 7 nitrogen and oxygen atoms in total. The van der Waals surface area contributed by atoms with Gasteiger partial charge < -0.3 is 9.84 Å². The molecule has 0 aliphatic rings. The molecule has 0 heterocycles. The van der Waals surface area contributed by atoms with Crippen molar-refractivity contribution in [3.63, 3.8) is 0 Å². The summed E-state index contributed by atoms with van der Waals surface area (Å²) < 4.78 is 31.2. The van der Waals surface area contributed by atoms with Gasteiger partial charge in [0.2, 0.25) is 10.0 Å². The standard InChI is InChI=1S/C14H19NO6S/c1-9(2)7-12(13(16)17)15-22(19,20)11-6-4-5-10(8-11)14(18)21-3/h4-6,8-9,12,15H,7H2,1-3H3,(H,16,17)/t12-/m1/s1. The van der Waals surface area contributed by atoms with E-state index in [1.54, 1.807) is 13.8 Å². The van der Waals surface area contributed by atoms with Crippen molar-refractivity contribution in [2.75, 3.05) is 7.11 Å². The summed E-state index contributed by atoms with van der Waals surface area (Å²) in [5.41, 5.74) is 0.0705. The number of hydrogen-bond donors (Lipinski definition) is 2. The first-order valence-corrected chi connectivity index (χ1v) is 8.09. The number of nitrogens with one attached hydrogen (secondary N) is 1. The summed E-state index contributed by atoms with van der Waals surface area (Å²) >= 11 is 0. The van der Waals surface area contributed by atoms with Crippen LogP contribution in [0.2, 0.25) is 0 Å². The second-order valence-electron chi connectivity index (χ2n) is 5.16. The van der Waals surface area contributed by atoms with Crippen molar-refractivity contribution < 1.29 is 27.9 Å². The fourth-order valence-electron chi connectivity index (χ4n) is 1.83. The van der Waals surface area contributed by atoms with Crippen molar-refractivity contribution in [2.24, 2.45) is 5.92 Å². The zero-order valence-corrected chi connectivity index (χ0v) is 13.4. The van der Waals surface area contributed by atoms with Crippen LogP contribution in [0.3, 0.4) is 0 Å². The average Bonchev–Trinajstić information content (AvgIpc) is 2.45. The Hall–Kier alpha value is -1.93. The molecule has 1 rings (SSSR count). The largest absolute Gasteiger partial charge is 0.480 e. The quantitative estimate of drug-likeness (QED) is 0.729. The summed E-state index contributed by atoms with van der Waals surface area (Å²) in [4.78, 5) is 22.4. The molecule has 2 N–H and O–H groups in total. The second kappa shape index (κ2) is 7.37. The van der Waals surface area contributed by atoms with E-state index in [1.807, 2.05) is 0 Å². The molecule has 0 saturated carbocycles. The average molecular weight is 329 g/mol.